The smallest absolute Gasteiger partial charge is 0.222 e. The summed E-state index contributed by atoms with van der Waals surface area (Å²) in [4.78, 5) is 20.8. The fraction of sp³-hybridized carbons (Fsp3) is 0.429. The quantitative estimate of drug-likeness (QED) is 0.576. The highest BCUT2D eigenvalue weighted by molar-refractivity contribution is 6.36. The molecule has 2 aromatic rings. The first-order chi connectivity index (χ1) is 14.1. The molecule has 29 heavy (non-hydrogen) atoms. The van der Waals surface area contributed by atoms with Gasteiger partial charge in [0, 0.05) is 38.8 Å². The summed E-state index contributed by atoms with van der Waals surface area (Å²) in [5, 5.41) is 1.04. The van der Waals surface area contributed by atoms with Gasteiger partial charge < -0.3 is 19.3 Å². The van der Waals surface area contributed by atoms with Crippen molar-refractivity contribution >= 4 is 34.9 Å². The average Bonchev–Trinajstić information content (AvgIpc) is 2.72. The number of aromatic nitrogens is 1. The minimum absolute atomic E-state index is 0.140. The molecule has 1 aliphatic heterocycles. The fourth-order valence-electron chi connectivity index (χ4n) is 3.22. The number of hydrogen-bond donors (Lipinski definition) is 0. The van der Waals surface area contributed by atoms with E-state index < -0.39 is 0 Å². The minimum Gasteiger partial charge on any atom is -0.490 e. The van der Waals surface area contributed by atoms with Crippen LogP contribution < -0.4 is 14.4 Å². The van der Waals surface area contributed by atoms with E-state index in [1.807, 2.05) is 36.1 Å². The van der Waals surface area contributed by atoms with E-state index in [1.54, 1.807) is 12.3 Å². The van der Waals surface area contributed by atoms with Crippen LogP contribution in [0.3, 0.4) is 0 Å². The van der Waals surface area contributed by atoms with Gasteiger partial charge >= 0.3 is 0 Å². The van der Waals surface area contributed by atoms with Crippen molar-refractivity contribution < 1.29 is 14.3 Å². The summed E-state index contributed by atoms with van der Waals surface area (Å²) in [6.07, 6.45) is 2.70. The van der Waals surface area contributed by atoms with Gasteiger partial charge in [-0.1, -0.05) is 35.3 Å². The van der Waals surface area contributed by atoms with Gasteiger partial charge in [0.1, 0.15) is 5.82 Å². The van der Waals surface area contributed by atoms with Gasteiger partial charge in [-0.05, 0) is 31.5 Å². The number of piperazine rings is 1. The van der Waals surface area contributed by atoms with Crippen LogP contribution in [0.2, 0.25) is 10.0 Å². The van der Waals surface area contributed by atoms with Crippen LogP contribution >= 0.6 is 23.2 Å². The number of carbonyl (C=O) groups excluding carboxylic acids is 1. The standard InChI is InChI=1S/C21H25Cl2N3O3/c1-2-28-18-6-3-4-7-19(18)29-13-5-8-20(27)25-9-11-26(12-10-25)21-17(23)14-16(22)15-24-21/h3-4,6-7,14-15H,2,5,8-13H2,1H3. The van der Waals surface area contributed by atoms with Gasteiger partial charge in [-0.2, -0.15) is 0 Å². The number of pyridine rings is 1. The summed E-state index contributed by atoms with van der Waals surface area (Å²) in [5.74, 6) is 2.29. The highest BCUT2D eigenvalue weighted by Crippen LogP contribution is 2.27. The normalized spacial score (nSPS) is 14.0. The molecule has 156 valence electrons. The van der Waals surface area contributed by atoms with Gasteiger partial charge in [-0.25, -0.2) is 4.98 Å². The fourth-order valence-corrected chi connectivity index (χ4v) is 3.72. The third kappa shape index (κ3) is 5.90. The predicted molar refractivity (Wildman–Crippen MR) is 115 cm³/mol. The Balaban J connectivity index is 1.41. The first-order valence-corrected chi connectivity index (χ1v) is 10.5. The van der Waals surface area contributed by atoms with Crippen molar-refractivity contribution in [1.82, 2.24) is 9.88 Å². The van der Waals surface area contributed by atoms with Crippen LogP contribution in [-0.4, -0.2) is 55.2 Å². The number of anilines is 1. The van der Waals surface area contributed by atoms with Crippen LogP contribution in [0, 0.1) is 0 Å². The largest absolute Gasteiger partial charge is 0.490 e. The molecular formula is C21H25Cl2N3O3. The summed E-state index contributed by atoms with van der Waals surface area (Å²) < 4.78 is 11.3. The second-order valence-electron chi connectivity index (χ2n) is 6.66. The van der Waals surface area contributed by atoms with E-state index in [0.717, 1.165) is 5.75 Å². The highest BCUT2D eigenvalue weighted by Gasteiger charge is 2.23. The molecule has 0 N–H and O–H groups in total. The van der Waals surface area contributed by atoms with Crippen molar-refractivity contribution in [2.75, 3.05) is 44.3 Å². The molecule has 0 saturated carbocycles. The van der Waals surface area contributed by atoms with Gasteiger partial charge in [0.2, 0.25) is 5.91 Å². The monoisotopic (exact) mass is 437 g/mol. The Kier molecular flexibility index (Phi) is 7.83. The molecule has 0 radical (unpaired) electrons. The average molecular weight is 438 g/mol. The zero-order valence-corrected chi connectivity index (χ0v) is 18.0. The Morgan fingerprint density at radius 1 is 1.10 bits per heavy atom. The van der Waals surface area contributed by atoms with Crippen LogP contribution in [0.25, 0.3) is 0 Å². The summed E-state index contributed by atoms with van der Waals surface area (Å²) in [6, 6.07) is 9.26. The zero-order valence-electron chi connectivity index (χ0n) is 16.4. The number of rotatable bonds is 8. The molecule has 0 aliphatic carbocycles. The maximum atomic E-state index is 12.5. The molecule has 1 aromatic heterocycles. The van der Waals surface area contributed by atoms with Gasteiger partial charge in [-0.15, -0.1) is 0 Å². The summed E-state index contributed by atoms with van der Waals surface area (Å²) in [5.41, 5.74) is 0. The SMILES string of the molecule is CCOc1ccccc1OCCCC(=O)N1CCN(c2ncc(Cl)cc2Cl)CC1. The Hall–Kier alpha value is -2.18. The van der Waals surface area contributed by atoms with E-state index in [0.29, 0.717) is 73.8 Å². The van der Waals surface area contributed by atoms with E-state index in [4.69, 9.17) is 32.7 Å². The van der Waals surface area contributed by atoms with E-state index in [1.165, 1.54) is 0 Å². The summed E-state index contributed by atoms with van der Waals surface area (Å²) in [6.45, 7) is 5.67. The molecule has 1 fully saturated rings. The lowest BCUT2D eigenvalue weighted by Gasteiger charge is -2.35. The molecule has 0 bridgehead atoms. The molecule has 1 aliphatic rings. The molecule has 0 unspecified atom stereocenters. The molecule has 0 atom stereocenters. The number of carbonyl (C=O) groups is 1. The zero-order chi connectivity index (χ0) is 20.6. The number of ether oxygens (including phenoxy) is 2. The van der Waals surface area contributed by atoms with Crippen molar-refractivity contribution in [3.8, 4) is 11.5 Å². The molecule has 8 heteroatoms. The van der Waals surface area contributed by atoms with Crippen LogP contribution in [0.15, 0.2) is 36.5 Å². The predicted octanol–water partition coefficient (Wildman–Crippen LogP) is 4.29. The minimum atomic E-state index is 0.140. The lowest BCUT2D eigenvalue weighted by atomic mass is 10.2. The molecule has 6 nitrogen and oxygen atoms in total. The second kappa shape index (κ2) is 10.6. The topological polar surface area (TPSA) is 54.9 Å². The van der Waals surface area contributed by atoms with Crippen molar-refractivity contribution in [3.05, 3.63) is 46.6 Å². The molecule has 1 saturated heterocycles. The van der Waals surface area contributed by atoms with Crippen LogP contribution in [-0.2, 0) is 4.79 Å². The van der Waals surface area contributed by atoms with Crippen LogP contribution in [0.1, 0.15) is 19.8 Å². The lowest BCUT2D eigenvalue weighted by molar-refractivity contribution is -0.131. The van der Waals surface area contributed by atoms with Crippen molar-refractivity contribution in [2.24, 2.45) is 0 Å². The van der Waals surface area contributed by atoms with Gasteiger partial charge in [0.15, 0.2) is 11.5 Å². The van der Waals surface area contributed by atoms with Gasteiger partial charge in [0.05, 0.1) is 23.3 Å². The van der Waals surface area contributed by atoms with Crippen molar-refractivity contribution in [1.29, 1.82) is 0 Å². The summed E-state index contributed by atoms with van der Waals surface area (Å²) in [7, 11) is 0. The Morgan fingerprint density at radius 2 is 1.79 bits per heavy atom. The molecule has 0 spiro atoms. The van der Waals surface area contributed by atoms with E-state index in [9.17, 15) is 4.79 Å². The van der Waals surface area contributed by atoms with Crippen molar-refractivity contribution in [2.45, 2.75) is 19.8 Å². The number of amides is 1. The van der Waals surface area contributed by atoms with Crippen LogP contribution in [0.5, 0.6) is 11.5 Å². The van der Waals surface area contributed by atoms with Gasteiger partial charge in [-0.3, -0.25) is 4.79 Å². The maximum Gasteiger partial charge on any atom is 0.222 e. The molecule has 1 amide bonds. The summed E-state index contributed by atoms with van der Waals surface area (Å²) >= 11 is 12.1. The number of nitrogens with zero attached hydrogens (tertiary/aromatic N) is 3. The van der Waals surface area contributed by atoms with E-state index in [-0.39, 0.29) is 5.91 Å². The number of hydrogen-bond acceptors (Lipinski definition) is 5. The number of benzene rings is 1. The van der Waals surface area contributed by atoms with Gasteiger partial charge in [0.25, 0.3) is 0 Å². The Bertz CT molecular complexity index is 827. The third-order valence-electron chi connectivity index (χ3n) is 4.66. The maximum absolute atomic E-state index is 12.5. The van der Waals surface area contributed by atoms with Crippen LogP contribution in [0.4, 0.5) is 5.82 Å². The molecule has 2 heterocycles. The third-order valence-corrected chi connectivity index (χ3v) is 5.15. The van der Waals surface area contributed by atoms with Crippen molar-refractivity contribution in [3.63, 3.8) is 0 Å². The molecular weight excluding hydrogens is 413 g/mol. The number of halogens is 2. The first kappa shape index (κ1) is 21.5. The lowest BCUT2D eigenvalue weighted by Crippen LogP contribution is -2.49. The molecule has 3 rings (SSSR count). The Labute approximate surface area is 181 Å². The van der Waals surface area contributed by atoms with E-state index in [2.05, 4.69) is 9.88 Å². The molecule has 1 aromatic carbocycles. The highest BCUT2D eigenvalue weighted by atomic mass is 35.5. The first-order valence-electron chi connectivity index (χ1n) is 9.77. The number of para-hydroxylation sites is 2. The van der Waals surface area contributed by atoms with E-state index >= 15 is 0 Å². The second-order valence-corrected chi connectivity index (χ2v) is 7.50. The Morgan fingerprint density at radius 3 is 2.45 bits per heavy atom.